The second kappa shape index (κ2) is 4.23. The Balaban J connectivity index is 1.81. The molecule has 2 fully saturated rings. The number of para-hydroxylation sites is 2. The molecule has 0 saturated carbocycles. The lowest BCUT2D eigenvalue weighted by Gasteiger charge is -2.30. The number of aromatic nitrogens is 2. The molecule has 1 aromatic heterocycles. The van der Waals surface area contributed by atoms with Crippen molar-refractivity contribution in [1.29, 1.82) is 0 Å². The topological polar surface area (TPSA) is 39.1 Å². The molecule has 2 saturated heterocycles. The van der Waals surface area contributed by atoms with E-state index in [0.29, 0.717) is 18.1 Å². The monoisotopic (exact) mass is 257 g/mol. The second-order valence-corrected chi connectivity index (χ2v) is 5.72. The summed E-state index contributed by atoms with van der Waals surface area (Å²) < 4.78 is 7.81. The molecule has 2 aliphatic rings. The third-order valence-corrected chi connectivity index (χ3v) is 4.56. The summed E-state index contributed by atoms with van der Waals surface area (Å²) in [6, 6.07) is 10.9. The van der Waals surface area contributed by atoms with Crippen molar-refractivity contribution < 1.29 is 4.74 Å². The molecule has 4 heteroatoms. The zero-order chi connectivity index (χ0) is 12.8. The number of nitrogens with zero attached hydrogens (tertiary/aromatic N) is 2. The standard InChI is InChI=1S/C15H19N3O/c1-19-15-17-13-4-2-3-5-14(13)18(15)12-8-10-6-7-11(9-12)16-10/h2-5,10-12,16H,6-9H2,1H3/t10-,11+,12+. The number of benzene rings is 1. The summed E-state index contributed by atoms with van der Waals surface area (Å²) in [4.78, 5) is 4.60. The SMILES string of the molecule is COc1nc2ccccc2n1[C@H]1C[C@H]2CC[C@@H](C1)N2. The van der Waals surface area contributed by atoms with Crippen LogP contribution in [-0.4, -0.2) is 28.7 Å². The molecule has 0 aliphatic carbocycles. The van der Waals surface area contributed by atoms with Gasteiger partial charge in [0, 0.05) is 18.1 Å². The predicted molar refractivity (Wildman–Crippen MR) is 74.5 cm³/mol. The van der Waals surface area contributed by atoms with Crippen LogP contribution in [0.4, 0.5) is 0 Å². The number of fused-ring (bicyclic) bond motifs is 3. The van der Waals surface area contributed by atoms with Crippen LogP contribution in [0.15, 0.2) is 24.3 Å². The Morgan fingerprint density at radius 1 is 1.21 bits per heavy atom. The Bertz CT molecular complexity index is 594. The molecule has 0 radical (unpaired) electrons. The predicted octanol–water partition coefficient (Wildman–Crippen LogP) is 2.50. The smallest absolute Gasteiger partial charge is 0.297 e. The van der Waals surface area contributed by atoms with Crippen LogP contribution in [0.2, 0.25) is 0 Å². The van der Waals surface area contributed by atoms with E-state index < -0.39 is 0 Å². The molecule has 100 valence electrons. The molecule has 2 aliphatic heterocycles. The van der Waals surface area contributed by atoms with Crippen LogP contribution < -0.4 is 10.1 Å². The number of piperidine rings is 1. The van der Waals surface area contributed by atoms with Gasteiger partial charge in [-0.05, 0) is 37.8 Å². The van der Waals surface area contributed by atoms with Gasteiger partial charge in [0.15, 0.2) is 0 Å². The van der Waals surface area contributed by atoms with Crippen LogP contribution in [0.5, 0.6) is 6.01 Å². The van der Waals surface area contributed by atoms with Gasteiger partial charge in [-0.3, -0.25) is 4.57 Å². The minimum Gasteiger partial charge on any atom is -0.468 e. The van der Waals surface area contributed by atoms with Gasteiger partial charge >= 0.3 is 0 Å². The number of rotatable bonds is 2. The molecular formula is C15H19N3O. The molecule has 0 spiro atoms. The van der Waals surface area contributed by atoms with Gasteiger partial charge in [-0.15, -0.1) is 0 Å². The van der Waals surface area contributed by atoms with Crippen LogP contribution in [0.25, 0.3) is 11.0 Å². The van der Waals surface area contributed by atoms with E-state index in [1.165, 1.54) is 31.2 Å². The third kappa shape index (κ3) is 1.74. The van der Waals surface area contributed by atoms with E-state index in [-0.39, 0.29) is 0 Å². The number of hydrogen-bond acceptors (Lipinski definition) is 3. The fraction of sp³-hybridized carbons (Fsp3) is 0.533. The largest absolute Gasteiger partial charge is 0.468 e. The van der Waals surface area contributed by atoms with Crippen LogP contribution in [-0.2, 0) is 0 Å². The van der Waals surface area contributed by atoms with Crippen LogP contribution in [0.3, 0.4) is 0 Å². The Labute approximate surface area is 112 Å². The first kappa shape index (κ1) is 11.3. The summed E-state index contributed by atoms with van der Waals surface area (Å²) >= 11 is 0. The zero-order valence-electron chi connectivity index (χ0n) is 11.2. The molecule has 2 bridgehead atoms. The van der Waals surface area contributed by atoms with E-state index in [1.54, 1.807) is 7.11 Å². The maximum absolute atomic E-state index is 5.51. The maximum Gasteiger partial charge on any atom is 0.297 e. The summed E-state index contributed by atoms with van der Waals surface area (Å²) in [5.41, 5.74) is 2.23. The highest BCUT2D eigenvalue weighted by atomic mass is 16.5. The highest BCUT2D eigenvalue weighted by Gasteiger charge is 2.35. The molecular weight excluding hydrogens is 238 g/mol. The third-order valence-electron chi connectivity index (χ3n) is 4.56. The van der Waals surface area contributed by atoms with Gasteiger partial charge in [0.1, 0.15) is 0 Å². The van der Waals surface area contributed by atoms with Gasteiger partial charge in [0.05, 0.1) is 18.1 Å². The van der Waals surface area contributed by atoms with Crippen LogP contribution >= 0.6 is 0 Å². The van der Waals surface area contributed by atoms with E-state index in [4.69, 9.17) is 4.74 Å². The Morgan fingerprint density at radius 3 is 2.68 bits per heavy atom. The first-order valence-corrected chi connectivity index (χ1v) is 7.12. The maximum atomic E-state index is 5.51. The molecule has 3 heterocycles. The molecule has 1 aromatic carbocycles. The number of nitrogens with one attached hydrogen (secondary N) is 1. The average molecular weight is 257 g/mol. The number of methoxy groups -OCH3 is 1. The van der Waals surface area contributed by atoms with Crippen LogP contribution in [0, 0.1) is 0 Å². The minimum atomic E-state index is 0.515. The van der Waals surface area contributed by atoms with Crippen LogP contribution in [0.1, 0.15) is 31.7 Å². The molecule has 4 nitrogen and oxygen atoms in total. The Morgan fingerprint density at radius 2 is 1.95 bits per heavy atom. The lowest BCUT2D eigenvalue weighted by atomic mass is 9.99. The highest BCUT2D eigenvalue weighted by Crippen LogP contribution is 2.38. The quantitative estimate of drug-likeness (QED) is 0.898. The van der Waals surface area contributed by atoms with Gasteiger partial charge in [0.25, 0.3) is 6.01 Å². The van der Waals surface area contributed by atoms with E-state index in [2.05, 4.69) is 33.1 Å². The van der Waals surface area contributed by atoms with Crippen molar-refractivity contribution in [2.24, 2.45) is 0 Å². The fourth-order valence-electron chi connectivity index (χ4n) is 3.76. The molecule has 0 amide bonds. The Kier molecular flexibility index (Phi) is 2.52. The highest BCUT2D eigenvalue weighted by molar-refractivity contribution is 5.76. The van der Waals surface area contributed by atoms with Crippen molar-refractivity contribution in [1.82, 2.24) is 14.9 Å². The van der Waals surface area contributed by atoms with Gasteiger partial charge in [-0.1, -0.05) is 12.1 Å². The van der Waals surface area contributed by atoms with E-state index in [9.17, 15) is 0 Å². The summed E-state index contributed by atoms with van der Waals surface area (Å²) in [6.45, 7) is 0. The summed E-state index contributed by atoms with van der Waals surface area (Å²) in [5, 5.41) is 3.69. The number of ether oxygens (including phenoxy) is 1. The summed E-state index contributed by atoms with van der Waals surface area (Å²) in [5.74, 6) is 0. The zero-order valence-corrected chi connectivity index (χ0v) is 11.2. The van der Waals surface area contributed by atoms with E-state index >= 15 is 0 Å². The first-order valence-electron chi connectivity index (χ1n) is 7.12. The van der Waals surface area contributed by atoms with E-state index in [0.717, 1.165) is 11.5 Å². The Hall–Kier alpha value is -1.55. The number of imidazole rings is 1. The molecule has 4 rings (SSSR count). The lowest BCUT2D eigenvalue weighted by molar-refractivity contribution is 0.270. The van der Waals surface area contributed by atoms with Crippen molar-refractivity contribution in [3.63, 3.8) is 0 Å². The number of hydrogen-bond donors (Lipinski definition) is 1. The summed E-state index contributed by atoms with van der Waals surface area (Å²) in [6.07, 6.45) is 5.01. The minimum absolute atomic E-state index is 0.515. The van der Waals surface area contributed by atoms with E-state index in [1.807, 2.05) is 6.07 Å². The van der Waals surface area contributed by atoms with Crippen molar-refractivity contribution in [2.45, 2.75) is 43.8 Å². The average Bonchev–Trinajstić information content (AvgIpc) is 2.98. The molecule has 0 unspecified atom stereocenters. The second-order valence-electron chi connectivity index (χ2n) is 5.72. The van der Waals surface area contributed by atoms with Crippen molar-refractivity contribution in [3.8, 4) is 6.01 Å². The van der Waals surface area contributed by atoms with Gasteiger partial charge in [-0.25, -0.2) is 0 Å². The first-order chi connectivity index (χ1) is 9.35. The molecule has 3 atom stereocenters. The molecule has 19 heavy (non-hydrogen) atoms. The lowest BCUT2D eigenvalue weighted by Crippen LogP contribution is -2.38. The van der Waals surface area contributed by atoms with Crippen molar-refractivity contribution >= 4 is 11.0 Å². The molecule has 2 aromatic rings. The van der Waals surface area contributed by atoms with Crippen molar-refractivity contribution in [2.75, 3.05) is 7.11 Å². The van der Waals surface area contributed by atoms with Gasteiger partial charge in [-0.2, -0.15) is 4.98 Å². The normalized spacial score (nSPS) is 29.8. The van der Waals surface area contributed by atoms with Gasteiger partial charge in [0.2, 0.25) is 0 Å². The van der Waals surface area contributed by atoms with Crippen molar-refractivity contribution in [3.05, 3.63) is 24.3 Å². The summed E-state index contributed by atoms with van der Waals surface area (Å²) in [7, 11) is 1.72. The van der Waals surface area contributed by atoms with Gasteiger partial charge < -0.3 is 10.1 Å². The fourth-order valence-corrected chi connectivity index (χ4v) is 3.76. The molecule has 1 N–H and O–H groups in total.